The average Bonchev–Trinajstić information content (AvgIpc) is 0.770. The van der Waals surface area contributed by atoms with Crippen LogP contribution < -0.4 is 16.0 Å². The molecule has 3 atom stereocenters. The van der Waals surface area contributed by atoms with Crippen molar-refractivity contribution < 1.29 is 17.3 Å². The van der Waals surface area contributed by atoms with E-state index in [9.17, 15) is 8.42 Å². The summed E-state index contributed by atoms with van der Waals surface area (Å²) in [7, 11) is 0.635. The van der Waals surface area contributed by atoms with E-state index in [-0.39, 0.29) is 24.4 Å². The van der Waals surface area contributed by atoms with E-state index < -0.39 is 10.1 Å². The van der Waals surface area contributed by atoms with Gasteiger partial charge < -0.3 is 30.5 Å². The standard InChI is InChI=1S/C33H36ClN5O.C33H35ClN4.C27H24BrN3O3S/c1-40-21-20-39-18-16-38(17-19-39)15-14-24-6-12-28(13-7-24)36-33-35-23-26-22-31(25-8-10-27(34)11-9-25)29-4-2-3-5-30(29)32(26)37-33;1-38(28-7-3-2-4-8-28)20-19-23-11-17-27(18-12-23)36-33-35-22-25-21-31(24-13-15-26(34)16-14-24)29-9-5-6-10-30(29)32(25)37-33;1-35(32,33)34-14-13-18-9-11-22(12-10-18)30-27-29-17-20-16-25(19-5-4-6-21(28)15-19)23-7-2-3-8-24(23)26(20)31-27/h2-13,23,31H,14-22H2,1H3,(H,35,36,37);5-6,9-18,22,28,31H,2-4,7-8,19-21H2,1H3,(H,35,36,37);2-12,15,17,25H,13-14,16H2,1H3,(H,29,30,31)/t2*31-;25-/m000/s1. The summed E-state index contributed by atoms with van der Waals surface area (Å²) in [5.74, 6) is 2.56. The molecular formula is C93H95BrCl2N12O4S. The summed E-state index contributed by atoms with van der Waals surface area (Å²) in [4.78, 5) is 36.4. The lowest BCUT2D eigenvalue weighted by Gasteiger charge is -2.34. The Morgan fingerprint density at radius 3 is 1.30 bits per heavy atom. The molecule has 17 rings (SSSR count). The van der Waals surface area contributed by atoms with Crippen LogP contribution in [-0.4, -0.2) is 139 Å². The topological polar surface area (TPSA) is 176 Å². The van der Waals surface area contributed by atoms with Gasteiger partial charge in [-0.3, -0.25) is 9.08 Å². The molecule has 0 unspecified atom stereocenters. The van der Waals surface area contributed by atoms with Crippen LogP contribution >= 0.6 is 39.1 Å². The summed E-state index contributed by atoms with van der Waals surface area (Å²) in [6, 6.07) is 76.4. The van der Waals surface area contributed by atoms with Crippen molar-refractivity contribution in [2.45, 2.75) is 94.4 Å². The van der Waals surface area contributed by atoms with Gasteiger partial charge in [-0.15, -0.1) is 0 Å². The number of ether oxygens (including phenoxy) is 1. The zero-order chi connectivity index (χ0) is 77.6. The second-order valence-electron chi connectivity index (χ2n) is 30.1. The van der Waals surface area contributed by atoms with Crippen molar-refractivity contribution in [3.8, 4) is 33.8 Å². The predicted octanol–water partition coefficient (Wildman–Crippen LogP) is 19.9. The SMILES string of the molecule is CN(CCc1ccc(Nc2ncc3c(n2)-c2ccccc2[C@H](c2ccc(Cl)cc2)C3)cc1)C1CCCCC1.COCCN1CCN(CCc2ccc(Nc3ncc4c(n3)-c3ccccc3[C@H](c3ccc(Cl)cc3)C4)cc2)CC1.CS(=O)(=O)OCCc1ccc(Nc2ncc3c(n2)-c2ccccc2[C@H](c2cccc(Br)c2)C3)cc1. The molecule has 4 aliphatic carbocycles. The Balaban J connectivity index is 0.000000134. The van der Waals surface area contributed by atoms with Gasteiger partial charge in [0.25, 0.3) is 10.1 Å². The molecule has 16 nitrogen and oxygen atoms in total. The van der Waals surface area contributed by atoms with Gasteiger partial charge in [0.2, 0.25) is 17.8 Å². The highest BCUT2D eigenvalue weighted by molar-refractivity contribution is 9.10. The number of benzene rings is 9. The molecule has 12 aromatic rings. The van der Waals surface area contributed by atoms with Crippen LogP contribution in [0.15, 0.2) is 241 Å². The number of methoxy groups -OCH3 is 1. The van der Waals surface area contributed by atoms with Crippen LogP contribution in [0.3, 0.4) is 0 Å². The lowest BCUT2D eigenvalue weighted by atomic mass is 9.78. The largest absolute Gasteiger partial charge is 0.383 e. The number of likely N-dealkylation sites (N-methyl/N-ethyl adjacent to an activating group) is 1. The van der Waals surface area contributed by atoms with Gasteiger partial charge in [0.1, 0.15) is 0 Å². The first-order valence-corrected chi connectivity index (χ1v) is 42.7. The monoisotopic (exact) mass is 1620 g/mol. The van der Waals surface area contributed by atoms with E-state index in [4.69, 9.17) is 47.1 Å². The Hall–Kier alpha value is -9.57. The van der Waals surface area contributed by atoms with Crippen LogP contribution in [0, 0.1) is 0 Å². The molecule has 0 bridgehead atoms. The zero-order valence-electron chi connectivity index (χ0n) is 64.2. The molecule has 2 fully saturated rings. The van der Waals surface area contributed by atoms with Gasteiger partial charge in [0.15, 0.2) is 0 Å². The first-order valence-electron chi connectivity index (χ1n) is 39.3. The minimum atomic E-state index is -3.42. The lowest BCUT2D eigenvalue weighted by molar-refractivity contribution is 0.0976. The van der Waals surface area contributed by atoms with E-state index in [0.29, 0.717) is 24.3 Å². The fourth-order valence-electron chi connectivity index (χ4n) is 16.3. The Labute approximate surface area is 683 Å². The first-order chi connectivity index (χ1) is 55.1. The molecule has 578 valence electrons. The van der Waals surface area contributed by atoms with Crippen LogP contribution in [0.5, 0.6) is 0 Å². The van der Waals surface area contributed by atoms with Crippen LogP contribution in [0.25, 0.3) is 33.8 Å². The predicted molar refractivity (Wildman–Crippen MR) is 461 cm³/mol. The molecule has 4 heterocycles. The molecule has 113 heavy (non-hydrogen) atoms. The van der Waals surface area contributed by atoms with Crippen molar-refractivity contribution in [3.63, 3.8) is 0 Å². The number of piperazine rings is 1. The smallest absolute Gasteiger partial charge is 0.264 e. The van der Waals surface area contributed by atoms with E-state index in [1.807, 2.05) is 79.3 Å². The van der Waals surface area contributed by atoms with Gasteiger partial charge in [-0.05, 0) is 198 Å². The number of halogens is 3. The second kappa shape index (κ2) is 37.1. The van der Waals surface area contributed by atoms with E-state index in [0.717, 1.165) is 162 Å². The van der Waals surface area contributed by atoms with E-state index in [2.05, 4.69) is 226 Å². The Morgan fingerprint density at radius 2 is 0.876 bits per heavy atom. The number of fused-ring (bicyclic) bond motifs is 9. The highest BCUT2D eigenvalue weighted by atomic mass is 79.9. The molecule has 0 radical (unpaired) electrons. The zero-order valence-corrected chi connectivity index (χ0v) is 68.1. The lowest BCUT2D eigenvalue weighted by Crippen LogP contribution is -2.47. The number of aromatic nitrogens is 6. The fraction of sp³-hybridized carbons (Fsp3) is 0.290. The summed E-state index contributed by atoms with van der Waals surface area (Å²) in [5.41, 5.74) is 24.1. The highest BCUT2D eigenvalue weighted by Crippen LogP contribution is 2.46. The van der Waals surface area contributed by atoms with Crippen molar-refractivity contribution in [2.24, 2.45) is 0 Å². The van der Waals surface area contributed by atoms with Crippen molar-refractivity contribution in [3.05, 3.63) is 318 Å². The summed E-state index contributed by atoms with van der Waals surface area (Å²) in [5, 5.41) is 11.7. The van der Waals surface area contributed by atoms with Crippen LogP contribution in [0.4, 0.5) is 34.9 Å². The molecule has 3 aromatic heterocycles. The van der Waals surface area contributed by atoms with E-state index >= 15 is 0 Å². The van der Waals surface area contributed by atoms with Gasteiger partial charge in [-0.1, -0.05) is 204 Å². The maximum absolute atomic E-state index is 11.1. The van der Waals surface area contributed by atoms with Gasteiger partial charge >= 0.3 is 0 Å². The van der Waals surface area contributed by atoms with E-state index in [1.165, 1.54) is 98.9 Å². The van der Waals surface area contributed by atoms with E-state index in [1.54, 1.807) is 7.11 Å². The summed E-state index contributed by atoms with van der Waals surface area (Å²) >= 11 is 15.9. The summed E-state index contributed by atoms with van der Waals surface area (Å²) in [6.07, 6.45) is 19.0. The maximum Gasteiger partial charge on any atom is 0.264 e. The minimum absolute atomic E-state index is 0.125. The molecule has 1 saturated carbocycles. The van der Waals surface area contributed by atoms with Gasteiger partial charge in [0.05, 0.1) is 36.6 Å². The molecule has 20 heteroatoms. The summed E-state index contributed by atoms with van der Waals surface area (Å²) in [6.45, 7) is 8.68. The average molecular weight is 1630 g/mol. The number of anilines is 6. The molecule has 5 aliphatic rings. The quantitative estimate of drug-likeness (QED) is 0.0515. The maximum atomic E-state index is 11.1. The van der Waals surface area contributed by atoms with Crippen LogP contribution in [0.2, 0.25) is 10.0 Å². The second-order valence-corrected chi connectivity index (χ2v) is 33.5. The Kier molecular flexibility index (Phi) is 25.9. The Bertz CT molecular complexity index is 5330. The third-order valence-corrected chi connectivity index (χ3v) is 24.1. The molecule has 0 spiro atoms. The third-order valence-electron chi connectivity index (χ3n) is 22.5. The minimum Gasteiger partial charge on any atom is -0.383 e. The third kappa shape index (κ3) is 20.3. The molecule has 1 saturated heterocycles. The molecule has 1 aliphatic heterocycles. The number of hydrogen-bond acceptors (Lipinski definition) is 16. The first kappa shape index (κ1) is 78.7. The number of nitrogens with one attached hydrogen (secondary N) is 3. The van der Waals surface area contributed by atoms with Crippen molar-refractivity contribution in [1.29, 1.82) is 0 Å². The number of nitrogens with zero attached hydrogens (tertiary/aromatic N) is 9. The van der Waals surface area contributed by atoms with Gasteiger partial charge in [-0.2, -0.15) is 8.42 Å². The molecule has 3 N–H and O–H groups in total. The van der Waals surface area contributed by atoms with Crippen molar-refractivity contribution in [1.82, 2.24) is 44.6 Å². The fourth-order valence-corrected chi connectivity index (χ4v) is 17.4. The van der Waals surface area contributed by atoms with Gasteiger partial charge in [-0.25, -0.2) is 29.9 Å². The number of rotatable bonds is 23. The number of hydrogen-bond donors (Lipinski definition) is 3. The highest BCUT2D eigenvalue weighted by Gasteiger charge is 2.32. The Morgan fingerprint density at radius 1 is 0.469 bits per heavy atom. The normalized spacial score (nSPS) is 16.5. The van der Waals surface area contributed by atoms with Crippen molar-refractivity contribution in [2.75, 3.05) is 95.4 Å². The van der Waals surface area contributed by atoms with Gasteiger partial charge in [0, 0.05) is 144 Å². The van der Waals surface area contributed by atoms with Crippen molar-refractivity contribution >= 4 is 84.2 Å². The molecular weight excluding hydrogens is 1530 g/mol. The summed E-state index contributed by atoms with van der Waals surface area (Å²) < 4.78 is 33.3. The van der Waals surface area contributed by atoms with Crippen LogP contribution in [-0.2, 0) is 57.6 Å². The van der Waals surface area contributed by atoms with Crippen LogP contribution in [0.1, 0.15) is 117 Å². The molecule has 0 amide bonds. The molecule has 9 aromatic carbocycles.